The van der Waals surface area contributed by atoms with Gasteiger partial charge in [-0.25, -0.2) is 9.37 Å². The predicted molar refractivity (Wildman–Crippen MR) is 179 cm³/mol. The molecule has 9 rings (SSSR count). The Hall–Kier alpha value is -5.80. The first-order valence-electron chi connectivity index (χ1n) is 14.7. The van der Waals surface area contributed by atoms with Crippen LogP contribution in [0.3, 0.4) is 0 Å². The lowest BCUT2D eigenvalue weighted by atomic mass is 9.85. The molecule has 0 radical (unpaired) electrons. The Kier molecular flexibility index (Phi) is 5.41. The van der Waals surface area contributed by atoms with Gasteiger partial charge in [0.15, 0.2) is 5.58 Å². The van der Waals surface area contributed by atoms with E-state index in [4.69, 9.17) is 9.40 Å². The fraction of sp³-hybridized carbons (Fsp3) is 0. The molecule has 2 nitrogen and oxygen atoms in total. The zero-order valence-electron chi connectivity index (χ0n) is 23.6. The van der Waals surface area contributed by atoms with Gasteiger partial charge in [0.05, 0.1) is 0 Å². The van der Waals surface area contributed by atoms with Crippen LogP contribution in [0, 0.1) is 5.82 Å². The second-order valence-electron chi connectivity index (χ2n) is 11.3. The number of hydrogen-bond acceptors (Lipinski definition) is 2. The summed E-state index contributed by atoms with van der Waals surface area (Å²) in [5.41, 5.74) is 9.03. The monoisotopic (exact) mass is 565 g/mol. The van der Waals surface area contributed by atoms with Crippen molar-refractivity contribution in [3.63, 3.8) is 0 Å². The lowest BCUT2D eigenvalue weighted by Gasteiger charge is -2.18. The number of nitrogens with zero attached hydrogens (tertiary/aromatic N) is 1. The number of hydrogen-bond donors (Lipinski definition) is 0. The summed E-state index contributed by atoms with van der Waals surface area (Å²) < 4.78 is 20.0. The van der Waals surface area contributed by atoms with E-state index in [1.54, 1.807) is 12.1 Å². The summed E-state index contributed by atoms with van der Waals surface area (Å²) in [6.07, 6.45) is 0. The van der Waals surface area contributed by atoms with E-state index in [1.807, 2.05) is 24.3 Å². The van der Waals surface area contributed by atoms with Crippen LogP contribution < -0.4 is 0 Å². The highest BCUT2D eigenvalue weighted by molar-refractivity contribution is 6.29. The standard InChI is InChI=1S/C41H24FNO/c42-30-16-11-25(12-17-30)29-15-22-38-37(23-29)43-41(44-38)36-24-35(27-9-5-2-6-10-27)33-19-14-28-13-18-31(26-7-3-1-4-8-26)32-20-21-34(36)40(33)39(28)32/h1-24H. The summed E-state index contributed by atoms with van der Waals surface area (Å²) in [6.45, 7) is 0. The van der Waals surface area contributed by atoms with Crippen LogP contribution in [0.25, 0.3) is 88.3 Å². The Morgan fingerprint density at radius 1 is 0.455 bits per heavy atom. The molecule has 0 aliphatic carbocycles. The molecule has 0 aliphatic heterocycles. The summed E-state index contributed by atoms with van der Waals surface area (Å²) in [5, 5.41) is 7.19. The van der Waals surface area contributed by atoms with Crippen molar-refractivity contribution in [2.75, 3.05) is 0 Å². The van der Waals surface area contributed by atoms with Crippen molar-refractivity contribution in [1.82, 2.24) is 4.98 Å². The molecule has 0 amide bonds. The highest BCUT2D eigenvalue weighted by Gasteiger charge is 2.21. The normalized spacial score (nSPS) is 11.8. The molecule has 0 atom stereocenters. The fourth-order valence-corrected chi connectivity index (χ4v) is 6.66. The second kappa shape index (κ2) is 9.62. The zero-order chi connectivity index (χ0) is 29.2. The summed E-state index contributed by atoms with van der Waals surface area (Å²) in [5.74, 6) is 0.326. The SMILES string of the molecule is Fc1ccc(-c2ccc3oc(-c4cc(-c5ccccc5)c5ccc6ccc(-c7ccccc7)c7ccc4c5c67)nc3c2)cc1. The van der Waals surface area contributed by atoms with Gasteiger partial charge in [0, 0.05) is 5.56 Å². The molecular formula is C41H24FNO. The van der Waals surface area contributed by atoms with Gasteiger partial charge < -0.3 is 4.42 Å². The highest BCUT2D eigenvalue weighted by atomic mass is 19.1. The molecule has 0 N–H and O–H groups in total. The molecule has 0 saturated heterocycles. The molecule has 0 fully saturated rings. The molecule has 0 spiro atoms. The second-order valence-corrected chi connectivity index (χ2v) is 11.3. The molecule has 0 aliphatic rings. The molecule has 0 unspecified atom stereocenters. The Morgan fingerprint density at radius 2 is 1.07 bits per heavy atom. The van der Waals surface area contributed by atoms with E-state index >= 15 is 0 Å². The molecular weight excluding hydrogens is 541 g/mol. The van der Waals surface area contributed by atoms with E-state index in [9.17, 15) is 4.39 Å². The third-order valence-corrected chi connectivity index (χ3v) is 8.75. The predicted octanol–water partition coefficient (Wildman–Crippen LogP) is 11.5. The van der Waals surface area contributed by atoms with E-state index in [0.717, 1.165) is 38.7 Å². The average molecular weight is 566 g/mol. The van der Waals surface area contributed by atoms with Gasteiger partial charge in [-0.05, 0) is 96.0 Å². The largest absolute Gasteiger partial charge is 0.436 e. The first-order chi connectivity index (χ1) is 21.7. The molecule has 44 heavy (non-hydrogen) atoms. The molecule has 1 heterocycles. The van der Waals surface area contributed by atoms with E-state index in [-0.39, 0.29) is 5.82 Å². The average Bonchev–Trinajstić information content (AvgIpc) is 3.51. The Bertz CT molecular complexity index is 2480. The third-order valence-electron chi connectivity index (χ3n) is 8.75. The van der Waals surface area contributed by atoms with E-state index in [1.165, 1.54) is 50.2 Å². The van der Waals surface area contributed by atoms with Gasteiger partial charge in [0.25, 0.3) is 0 Å². The summed E-state index contributed by atoms with van der Waals surface area (Å²) >= 11 is 0. The summed E-state index contributed by atoms with van der Waals surface area (Å²) in [4.78, 5) is 5.03. The van der Waals surface area contributed by atoms with Crippen molar-refractivity contribution in [3.05, 3.63) is 151 Å². The molecule has 3 heteroatoms. The lowest BCUT2D eigenvalue weighted by Crippen LogP contribution is -1.92. The molecule has 206 valence electrons. The van der Waals surface area contributed by atoms with E-state index in [2.05, 4.69) is 97.1 Å². The number of oxazole rings is 1. The van der Waals surface area contributed by atoms with Gasteiger partial charge in [0.1, 0.15) is 11.3 Å². The van der Waals surface area contributed by atoms with Crippen molar-refractivity contribution in [1.29, 1.82) is 0 Å². The minimum Gasteiger partial charge on any atom is -0.436 e. The van der Waals surface area contributed by atoms with Crippen molar-refractivity contribution in [2.45, 2.75) is 0 Å². The Labute approximate surface area is 253 Å². The van der Waals surface area contributed by atoms with Gasteiger partial charge in [0.2, 0.25) is 5.89 Å². The lowest BCUT2D eigenvalue weighted by molar-refractivity contribution is 0.620. The van der Waals surface area contributed by atoms with Crippen LogP contribution in [0.2, 0.25) is 0 Å². The smallest absolute Gasteiger partial charge is 0.227 e. The number of fused-ring (bicyclic) bond motifs is 1. The first kappa shape index (κ1) is 24.8. The number of aromatic nitrogens is 1. The maximum Gasteiger partial charge on any atom is 0.227 e. The van der Waals surface area contributed by atoms with Crippen molar-refractivity contribution in [2.24, 2.45) is 0 Å². The fourth-order valence-electron chi connectivity index (χ4n) is 6.66. The third kappa shape index (κ3) is 3.83. The maximum absolute atomic E-state index is 13.6. The van der Waals surface area contributed by atoms with Gasteiger partial charge in [-0.2, -0.15) is 0 Å². The summed E-state index contributed by atoms with van der Waals surface area (Å²) in [6, 6.07) is 49.2. The Morgan fingerprint density at radius 3 is 1.82 bits per heavy atom. The molecule has 0 saturated carbocycles. The van der Waals surface area contributed by atoms with E-state index in [0.29, 0.717) is 11.5 Å². The molecule has 1 aromatic heterocycles. The molecule has 9 aromatic rings. The number of rotatable bonds is 4. The minimum absolute atomic E-state index is 0.252. The highest BCUT2D eigenvalue weighted by Crippen LogP contribution is 2.46. The van der Waals surface area contributed by atoms with Crippen LogP contribution in [-0.2, 0) is 0 Å². The van der Waals surface area contributed by atoms with Crippen LogP contribution in [0.5, 0.6) is 0 Å². The zero-order valence-corrected chi connectivity index (χ0v) is 23.6. The number of benzene rings is 8. The van der Waals surface area contributed by atoms with Crippen LogP contribution in [0.15, 0.2) is 150 Å². The number of halogens is 1. The molecule has 0 bridgehead atoms. The Balaban J connectivity index is 1.33. The quantitative estimate of drug-likeness (QED) is 0.198. The van der Waals surface area contributed by atoms with Gasteiger partial charge in [-0.1, -0.05) is 115 Å². The minimum atomic E-state index is -0.252. The molecule has 8 aromatic carbocycles. The van der Waals surface area contributed by atoms with Crippen molar-refractivity contribution < 1.29 is 8.81 Å². The van der Waals surface area contributed by atoms with Crippen LogP contribution in [0.1, 0.15) is 0 Å². The van der Waals surface area contributed by atoms with Gasteiger partial charge >= 0.3 is 0 Å². The van der Waals surface area contributed by atoms with Gasteiger partial charge in [-0.15, -0.1) is 0 Å². The van der Waals surface area contributed by atoms with E-state index < -0.39 is 0 Å². The maximum atomic E-state index is 13.6. The van der Waals surface area contributed by atoms with Crippen LogP contribution in [-0.4, -0.2) is 4.98 Å². The first-order valence-corrected chi connectivity index (χ1v) is 14.7. The van der Waals surface area contributed by atoms with Gasteiger partial charge in [-0.3, -0.25) is 0 Å². The topological polar surface area (TPSA) is 26.0 Å². The van der Waals surface area contributed by atoms with Crippen LogP contribution >= 0.6 is 0 Å². The van der Waals surface area contributed by atoms with Crippen molar-refractivity contribution >= 4 is 43.4 Å². The summed E-state index contributed by atoms with van der Waals surface area (Å²) in [7, 11) is 0. The van der Waals surface area contributed by atoms with Crippen molar-refractivity contribution in [3.8, 4) is 44.8 Å². The van der Waals surface area contributed by atoms with Crippen LogP contribution in [0.4, 0.5) is 4.39 Å².